The Balaban J connectivity index is 2.13. The van der Waals surface area contributed by atoms with Gasteiger partial charge in [0.2, 0.25) is 0 Å². The van der Waals surface area contributed by atoms with Crippen molar-refractivity contribution in [3.05, 3.63) is 64.5 Å². The molecule has 24 heavy (non-hydrogen) atoms. The fourth-order valence-electron chi connectivity index (χ4n) is 2.61. The Morgan fingerprint density at radius 2 is 2.00 bits per heavy atom. The van der Waals surface area contributed by atoms with E-state index in [4.69, 9.17) is 5.26 Å². The smallest absolute Gasteiger partial charge is 0.274 e. The van der Waals surface area contributed by atoms with Gasteiger partial charge in [-0.25, -0.2) is 4.39 Å². The Hall–Kier alpha value is -2.65. The number of halogens is 2. The molecule has 0 bridgehead atoms. The van der Waals surface area contributed by atoms with Crippen molar-refractivity contribution >= 4 is 38.4 Å². The highest BCUT2D eigenvalue weighted by atomic mass is 79.9. The van der Waals surface area contributed by atoms with Gasteiger partial charge in [-0.05, 0) is 46.3 Å². The first-order valence-electron chi connectivity index (χ1n) is 7.21. The van der Waals surface area contributed by atoms with E-state index in [0.717, 1.165) is 5.69 Å². The van der Waals surface area contributed by atoms with E-state index in [1.54, 1.807) is 19.2 Å². The summed E-state index contributed by atoms with van der Waals surface area (Å²) in [5, 5.41) is 9.78. The zero-order chi connectivity index (χ0) is 17.3. The monoisotopic (exact) mass is 385 g/mol. The highest BCUT2D eigenvalue weighted by molar-refractivity contribution is 9.10. The second kappa shape index (κ2) is 6.46. The Morgan fingerprint density at radius 1 is 1.29 bits per heavy atom. The van der Waals surface area contributed by atoms with Crippen molar-refractivity contribution in [3.63, 3.8) is 0 Å². The normalized spacial score (nSPS) is 10.6. The second-order valence-electron chi connectivity index (χ2n) is 5.30. The first-order valence-corrected chi connectivity index (χ1v) is 8.00. The van der Waals surface area contributed by atoms with Crippen LogP contribution in [-0.2, 0) is 6.54 Å². The van der Waals surface area contributed by atoms with Crippen LogP contribution in [0.25, 0.3) is 10.9 Å². The summed E-state index contributed by atoms with van der Waals surface area (Å²) in [6.07, 6.45) is 0. The van der Waals surface area contributed by atoms with E-state index in [1.807, 2.05) is 36.4 Å². The van der Waals surface area contributed by atoms with E-state index in [0.29, 0.717) is 21.1 Å². The lowest BCUT2D eigenvalue weighted by Crippen LogP contribution is -2.28. The number of fused-ring (bicyclic) bond motifs is 1. The molecular formula is C18H13BrFN3O. The number of amides is 1. The topological polar surface area (TPSA) is 49.0 Å². The van der Waals surface area contributed by atoms with Crippen LogP contribution in [0.4, 0.5) is 10.1 Å². The third-order valence-electron chi connectivity index (χ3n) is 3.84. The van der Waals surface area contributed by atoms with Crippen LogP contribution in [-0.4, -0.2) is 17.5 Å². The van der Waals surface area contributed by atoms with Gasteiger partial charge in [-0.15, -0.1) is 0 Å². The van der Waals surface area contributed by atoms with Gasteiger partial charge in [-0.3, -0.25) is 4.79 Å². The van der Waals surface area contributed by atoms with Gasteiger partial charge >= 0.3 is 0 Å². The number of hydrogen-bond donors (Lipinski definition) is 0. The van der Waals surface area contributed by atoms with Gasteiger partial charge in [0.15, 0.2) is 0 Å². The maximum absolute atomic E-state index is 13.9. The van der Waals surface area contributed by atoms with Crippen molar-refractivity contribution in [1.82, 2.24) is 4.57 Å². The highest BCUT2D eigenvalue weighted by Crippen LogP contribution is 2.27. The molecule has 0 saturated carbocycles. The number of aromatic nitrogens is 1. The van der Waals surface area contributed by atoms with Crippen molar-refractivity contribution in [2.75, 3.05) is 11.9 Å². The molecule has 0 unspecified atom stereocenters. The lowest BCUT2D eigenvalue weighted by atomic mass is 10.2. The van der Waals surface area contributed by atoms with Gasteiger partial charge < -0.3 is 9.47 Å². The van der Waals surface area contributed by atoms with Crippen LogP contribution in [0.3, 0.4) is 0 Å². The average Bonchev–Trinajstić information content (AvgIpc) is 2.93. The molecule has 1 aromatic heterocycles. The Bertz CT molecular complexity index is 960. The maximum atomic E-state index is 13.9. The minimum Gasteiger partial charge on any atom is -0.322 e. The van der Waals surface area contributed by atoms with Crippen LogP contribution in [0.2, 0.25) is 0 Å². The van der Waals surface area contributed by atoms with E-state index in [1.165, 1.54) is 15.5 Å². The third-order valence-corrected chi connectivity index (χ3v) is 4.45. The molecule has 0 N–H and O–H groups in total. The van der Waals surface area contributed by atoms with E-state index in [-0.39, 0.29) is 12.5 Å². The first kappa shape index (κ1) is 16.2. The molecule has 1 amide bonds. The lowest BCUT2D eigenvalue weighted by molar-refractivity contribution is 0.0985. The minimum atomic E-state index is -0.435. The molecule has 0 atom stereocenters. The van der Waals surface area contributed by atoms with E-state index >= 15 is 0 Å². The summed E-state index contributed by atoms with van der Waals surface area (Å²) in [6, 6.07) is 15.9. The molecule has 3 aromatic rings. The zero-order valence-corrected chi connectivity index (χ0v) is 14.4. The van der Waals surface area contributed by atoms with Crippen LogP contribution in [0.1, 0.15) is 10.5 Å². The largest absolute Gasteiger partial charge is 0.322 e. The van der Waals surface area contributed by atoms with Crippen molar-refractivity contribution in [3.8, 4) is 6.07 Å². The molecule has 0 saturated heterocycles. The number of carbonyl (C=O) groups excluding carboxylic acids is 1. The number of para-hydroxylation sites is 1. The van der Waals surface area contributed by atoms with Gasteiger partial charge in [0.05, 0.1) is 16.1 Å². The highest BCUT2D eigenvalue weighted by Gasteiger charge is 2.21. The number of rotatable bonds is 3. The Labute approximate surface area is 146 Å². The lowest BCUT2D eigenvalue weighted by Gasteiger charge is -2.18. The number of nitriles is 1. The summed E-state index contributed by atoms with van der Waals surface area (Å²) in [7, 11) is 1.67. The van der Waals surface area contributed by atoms with Gasteiger partial charge in [0.1, 0.15) is 18.1 Å². The number of anilines is 1. The Kier molecular flexibility index (Phi) is 4.36. The van der Waals surface area contributed by atoms with Crippen LogP contribution in [0, 0.1) is 17.1 Å². The standard InChI is InChI=1S/C18H13BrFN3O/c1-22(13-5-3-2-4-6-13)18(24)17-10-12-9-14(19)15(20)11-16(12)23(17)8-7-21/h2-6,9-11H,8H2,1H3. The molecule has 0 aliphatic heterocycles. The SMILES string of the molecule is CN(C(=O)c1cc2cc(Br)c(F)cc2n1CC#N)c1ccccc1. The molecule has 0 radical (unpaired) electrons. The molecular weight excluding hydrogens is 373 g/mol. The molecule has 0 spiro atoms. The van der Waals surface area contributed by atoms with E-state index in [2.05, 4.69) is 15.9 Å². The minimum absolute atomic E-state index is 0.0335. The van der Waals surface area contributed by atoms with Crippen LogP contribution >= 0.6 is 15.9 Å². The zero-order valence-electron chi connectivity index (χ0n) is 12.8. The summed E-state index contributed by atoms with van der Waals surface area (Å²) in [5.74, 6) is -0.695. The summed E-state index contributed by atoms with van der Waals surface area (Å²) in [4.78, 5) is 14.4. The molecule has 0 fully saturated rings. The van der Waals surface area contributed by atoms with Crippen molar-refractivity contribution < 1.29 is 9.18 Å². The number of carbonyl (C=O) groups is 1. The van der Waals surface area contributed by atoms with Crippen LogP contribution in [0.15, 0.2) is 53.0 Å². The van der Waals surface area contributed by atoms with Gasteiger partial charge in [0.25, 0.3) is 5.91 Å². The predicted molar refractivity (Wildman–Crippen MR) is 94.4 cm³/mol. The Morgan fingerprint density at radius 3 is 2.67 bits per heavy atom. The second-order valence-corrected chi connectivity index (χ2v) is 6.15. The van der Waals surface area contributed by atoms with Crippen molar-refractivity contribution in [1.29, 1.82) is 5.26 Å². The van der Waals surface area contributed by atoms with Crippen molar-refractivity contribution in [2.45, 2.75) is 6.54 Å². The molecule has 1 heterocycles. The maximum Gasteiger partial charge on any atom is 0.274 e. The molecule has 0 aliphatic rings. The quantitative estimate of drug-likeness (QED) is 0.672. The summed E-state index contributed by atoms with van der Waals surface area (Å²) in [6.45, 7) is -0.0335. The fraction of sp³-hybridized carbons (Fsp3) is 0.111. The molecule has 0 aliphatic carbocycles. The number of nitrogens with zero attached hydrogens (tertiary/aromatic N) is 3. The van der Waals surface area contributed by atoms with Crippen LogP contribution < -0.4 is 4.90 Å². The molecule has 3 rings (SSSR count). The third kappa shape index (κ3) is 2.79. The molecule has 4 nitrogen and oxygen atoms in total. The van der Waals surface area contributed by atoms with Gasteiger partial charge in [0, 0.05) is 18.1 Å². The van der Waals surface area contributed by atoms with E-state index < -0.39 is 5.82 Å². The summed E-state index contributed by atoms with van der Waals surface area (Å²) in [5.41, 5.74) is 1.60. The average molecular weight is 386 g/mol. The molecule has 2 aromatic carbocycles. The number of benzene rings is 2. The fourth-order valence-corrected chi connectivity index (χ4v) is 2.98. The molecule has 6 heteroatoms. The van der Waals surface area contributed by atoms with E-state index in [9.17, 15) is 9.18 Å². The number of hydrogen-bond acceptors (Lipinski definition) is 2. The molecule has 120 valence electrons. The van der Waals surface area contributed by atoms with Gasteiger partial charge in [-0.2, -0.15) is 5.26 Å². The summed E-state index contributed by atoms with van der Waals surface area (Å²) < 4.78 is 15.7. The summed E-state index contributed by atoms with van der Waals surface area (Å²) >= 11 is 3.15. The predicted octanol–water partition coefficient (Wildman–Crippen LogP) is 4.34. The van der Waals surface area contributed by atoms with Crippen LogP contribution in [0.5, 0.6) is 0 Å². The van der Waals surface area contributed by atoms with Crippen molar-refractivity contribution in [2.24, 2.45) is 0 Å². The van der Waals surface area contributed by atoms with Gasteiger partial charge in [-0.1, -0.05) is 18.2 Å². The first-order chi connectivity index (χ1) is 11.5.